The molecule has 0 spiro atoms. The third-order valence-corrected chi connectivity index (χ3v) is 3.06. The molecule has 0 fully saturated rings. The maximum atomic E-state index is 6.22. The number of hydrogen-bond acceptors (Lipinski definition) is 2. The van der Waals surface area contributed by atoms with Gasteiger partial charge in [0.15, 0.2) is 0 Å². The van der Waals surface area contributed by atoms with Gasteiger partial charge >= 0.3 is 0 Å². The number of nitrogens with two attached hydrogens (primary N) is 1. The van der Waals surface area contributed by atoms with Gasteiger partial charge in [-0.05, 0) is 38.8 Å². The Hall–Kier alpha value is -1.54. The van der Waals surface area contributed by atoms with Gasteiger partial charge in [0.1, 0.15) is 11.5 Å². The molecule has 2 N–H and O–H groups in total. The Morgan fingerprint density at radius 1 is 1.12 bits per heavy atom. The Morgan fingerprint density at radius 3 is 2.29 bits per heavy atom. The number of rotatable bonds is 3. The summed E-state index contributed by atoms with van der Waals surface area (Å²) >= 11 is 0. The summed E-state index contributed by atoms with van der Waals surface area (Å²) in [6, 6.07) is 10.6. The largest absolute Gasteiger partial charge is 0.466 e. The van der Waals surface area contributed by atoms with Gasteiger partial charge in [0.05, 0.1) is 0 Å². The van der Waals surface area contributed by atoms with Crippen LogP contribution in [0.3, 0.4) is 0 Å². The van der Waals surface area contributed by atoms with E-state index >= 15 is 0 Å². The molecular weight excluding hydrogens is 210 g/mol. The molecule has 1 heterocycles. The molecule has 0 aliphatic heterocycles. The molecule has 2 aromatic rings. The minimum absolute atomic E-state index is 0.00940. The Bertz CT molecular complexity index is 496. The Labute approximate surface area is 102 Å². The van der Waals surface area contributed by atoms with Gasteiger partial charge in [-0.2, -0.15) is 0 Å². The van der Waals surface area contributed by atoms with Crippen molar-refractivity contribution in [3.8, 4) is 0 Å². The van der Waals surface area contributed by atoms with Crippen molar-refractivity contribution >= 4 is 0 Å². The van der Waals surface area contributed by atoms with E-state index in [9.17, 15) is 0 Å². The molecule has 1 aromatic heterocycles. The summed E-state index contributed by atoms with van der Waals surface area (Å²) < 4.78 is 5.51. The average molecular weight is 229 g/mol. The summed E-state index contributed by atoms with van der Waals surface area (Å²) in [5.74, 6) is 1.86. The summed E-state index contributed by atoms with van der Waals surface area (Å²) in [6.07, 6.45) is 0.847. The van der Waals surface area contributed by atoms with Crippen LogP contribution in [-0.4, -0.2) is 0 Å². The van der Waals surface area contributed by atoms with Crippen LogP contribution in [-0.2, 0) is 6.42 Å². The first-order valence-corrected chi connectivity index (χ1v) is 5.94. The predicted octanol–water partition coefficient (Wildman–Crippen LogP) is 3.45. The van der Waals surface area contributed by atoms with Gasteiger partial charge in [-0.1, -0.05) is 29.8 Å². The van der Waals surface area contributed by atoms with Crippen LogP contribution in [0.15, 0.2) is 34.7 Å². The molecule has 1 atom stereocenters. The fraction of sp³-hybridized carbons (Fsp3) is 0.333. The molecule has 2 heteroatoms. The maximum absolute atomic E-state index is 6.22. The van der Waals surface area contributed by atoms with Gasteiger partial charge in [-0.15, -0.1) is 0 Å². The van der Waals surface area contributed by atoms with E-state index in [1.54, 1.807) is 0 Å². The smallest absolute Gasteiger partial charge is 0.105 e. The normalized spacial score (nSPS) is 12.7. The highest BCUT2D eigenvalue weighted by molar-refractivity contribution is 5.28. The molecule has 17 heavy (non-hydrogen) atoms. The fourth-order valence-electron chi connectivity index (χ4n) is 2.11. The zero-order valence-electron chi connectivity index (χ0n) is 10.7. The molecule has 0 bridgehead atoms. The first-order chi connectivity index (χ1) is 8.06. The van der Waals surface area contributed by atoms with Gasteiger partial charge in [-0.25, -0.2) is 0 Å². The molecular formula is C15H19NO. The van der Waals surface area contributed by atoms with Crippen LogP contribution >= 0.6 is 0 Å². The maximum Gasteiger partial charge on any atom is 0.105 e. The van der Waals surface area contributed by atoms with E-state index in [4.69, 9.17) is 10.2 Å². The lowest BCUT2D eigenvalue weighted by Crippen LogP contribution is -2.13. The number of hydrogen-bond donors (Lipinski definition) is 1. The van der Waals surface area contributed by atoms with Gasteiger partial charge in [0.2, 0.25) is 0 Å². The summed E-state index contributed by atoms with van der Waals surface area (Å²) in [5, 5.41) is 0. The van der Waals surface area contributed by atoms with E-state index in [0.29, 0.717) is 0 Å². The van der Waals surface area contributed by atoms with Crippen molar-refractivity contribution in [2.75, 3.05) is 0 Å². The van der Waals surface area contributed by atoms with Crippen molar-refractivity contribution in [3.05, 3.63) is 58.5 Å². The lowest BCUT2D eigenvalue weighted by atomic mass is 9.99. The lowest BCUT2D eigenvalue weighted by molar-refractivity contribution is 0.497. The van der Waals surface area contributed by atoms with Crippen LogP contribution in [0.2, 0.25) is 0 Å². The standard InChI is InChI=1S/C15H19NO/c1-10-4-6-13(7-5-10)9-15(16)14-8-11(2)17-12(14)3/h4-8,15H,9,16H2,1-3H3. The second-order valence-corrected chi connectivity index (χ2v) is 4.66. The van der Waals surface area contributed by atoms with Crippen molar-refractivity contribution in [2.45, 2.75) is 33.2 Å². The van der Waals surface area contributed by atoms with E-state index in [0.717, 1.165) is 23.5 Å². The zero-order valence-corrected chi connectivity index (χ0v) is 10.7. The number of benzene rings is 1. The SMILES string of the molecule is Cc1ccc(CC(N)c2cc(C)oc2C)cc1. The van der Waals surface area contributed by atoms with Crippen LogP contribution in [0.1, 0.15) is 34.3 Å². The van der Waals surface area contributed by atoms with Crippen molar-refractivity contribution in [2.24, 2.45) is 5.73 Å². The summed E-state index contributed by atoms with van der Waals surface area (Å²) in [5.41, 5.74) is 9.87. The van der Waals surface area contributed by atoms with Crippen LogP contribution < -0.4 is 5.73 Å². The van der Waals surface area contributed by atoms with Crippen LogP contribution in [0.4, 0.5) is 0 Å². The van der Waals surface area contributed by atoms with E-state index in [2.05, 4.69) is 31.2 Å². The first-order valence-electron chi connectivity index (χ1n) is 5.94. The summed E-state index contributed by atoms with van der Waals surface area (Å²) in [7, 11) is 0. The summed E-state index contributed by atoms with van der Waals surface area (Å²) in [4.78, 5) is 0. The minimum Gasteiger partial charge on any atom is -0.466 e. The Kier molecular flexibility index (Phi) is 3.34. The third kappa shape index (κ3) is 2.77. The van der Waals surface area contributed by atoms with Crippen molar-refractivity contribution in [1.82, 2.24) is 0 Å². The molecule has 2 rings (SSSR count). The highest BCUT2D eigenvalue weighted by Crippen LogP contribution is 2.22. The molecule has 0 aliphatic rings. The van der Waals surface area contributed by atoms with Gasteiger partial charge in [0, 0.05) is 11.6 Å². The van der Waals surface area contributed by atoms with Crippen molar-refractivity contribution in [3.63, 3.8) is 0 Å². The van der Waals surface area contributed by atoms with Crippen LogP contribution in [0, 0.1) is 20.8 Å². The molecule has 0 saturated heterocycles. The molecule has 1 aromatic carbocycles. The topological polar surface area (TPSA) is 39.2 Å². The highest BCUT2D eigenvalue weighted by atomic mass is 16.3. The van der Waals surface area contributed by atoms with Gasteiger partial charge < -0.3 is 10.2 Å². The Morgan fingerprint density at radius 2 is 1.76 bits per heavy atom. The minimum atomic E-state index is 0.00940. The monoisotopic (exact) mass is 229 g/mol. The van der Waals surface area contributed by atoms with E-state index in [-0.39, 0.29) is 6.04 Å². The second-order valence-electron chi connectivity index (χ2n) is 4.66. The fourth-order valence-corrected chi connectivity index (χ4v) is 2.11. The van der Waals surface area contributed by atoms with Crippen LogP contribution in [0.25, 0.3) is 0 Å². The third-order valence-electron chi connectivity index (χ3n) is 3.06. The van der Waals surface area contributed by atoms with Gasteiger partial charge in [-0.3, -0.25) is 0 Å². The predicted molar refractivity (Wildman–Crippen MR) is 70.0 cm³/mol. The zero-order chi connectivity index (χ0) is 12.4. The molecule has 1 unspecified atom stereocenters. The Balaban J connectivity index is 2.14. The molecule has 0 aliphatic carbocycles. The number of furan rings is 1. The first kappa shape index (κ1) is 11.9. The lowest BCUT2D eigenvalue weighted by Gasteiger charge is -2.10. The number of aryl methyl sites for hydroxylation is 3. The highest BCUT2D eigenvalue weighted by Gasteiger charge is 2.13. The van der Waals surface area contributed by atoms with Gasteiger partial charge in [0.25, 0.3) is 0 Å². The van der Waals surface area contributed by atoms with E-state index in [1.807, 2.05) is 19.9 Å². The molecule has 2 nitrogen and oxygen atoms in total. The van der Waals surface area contributed by atoms with Crippen molar-refractivity contribution < 1.29 is 4.42 Å². The van der Waals surface area contributed by atoms with E-state index in [1.165, 1.54) is 11.1 Å². The molecule has 0 saturated carbocycles. The van der Waals surface area contributed by atoms with E-state index < -0.39 is 0 Å². The summed E-state index contributed by atoms with van der Waals surface area (Å²) in [6.45, 7) is 6.01. The second kappa shape index (κ2) is 4.76. The quantitative estimate of drug-likeness (QED) is 0.875. The molecule has 90 valence electrons. The molecule has 0 radical (unpaired) electrons. The average Bonchev–Trinajstić information content (AvgIpc) is 2.61. The van der Waals surface area contributed by atoms with Crippen LogP contribution in [0.5, 0.6) is 0 Å². The van der Waals surface area contributed by atoms with Crippen molar-refractivity contribution in [1.29, 1.82) is 0 Å². The molecule has 0 amide bonds.